The van der Waals surface area contributed by atoms with Crippen LogP contribution in [0.15, 0.2) is 18.2 Å². The summed E-state index contributed by atoms with van der Waals surface area (Å²) in [6.45, 7) is 3.42. The number of imidazole rings is 1. The molecule has 1 saturated heterocycles. The zero-order valence-corrected chi connectivity index (χ0v) is 13.3. The Kier molecular flexibility index (Phi) is 3.66. The summed E-state index contributed by atoms with van der Waals surface area (Å²) in [6, 6.07) is 5.49. The van der Waals surface area contributed by atoms with Crippen LogP contribution in [0.4, 0.5) is 0 Å². The van der Waals surface area contributed by atoms with Crippen LogP contribution in [0.3, 0.4) is 0 Å². The Morgan fingerprint density at radius 3 is 3.00 bits per heavy atom. The number of aromatic nitrogens is 2. The van der Waals surface area contributed by atoms with Crippen molar-refractivity contribution in [1.29, 1.82) is 0 Å². The van der Waals surface area contributed by atoms with Crippen LogP contribution in [0, 0.1) is 6.92 Å². The molecule has 0 bridgehead atoms. The molecule has 2 N–H and O–H groups in total. The molecule has 0 unspecified atom stereocenters. The number of hydrogen-bond donors (Lipinski definition) is 2. The van der Waals surface area contributed by atoms with E-state index in [0.29, 0.717) is 31.6 Å². The fraction of sp³-hybridized carbons (Fsp3) is 0.500. The molecule has 1 aliphatic rings. The highest BCUT2D eigenvalue weighted by Crippen LogP contribution is 2.24. The Labute approximate surface area is 129 Å². The standard InChI is InChI=1S/C16H22N4O2/c1-11-17-13-5-4-12(8-14(13)18-11)15(21)20-7-6-16(22,10-20)9-19(2)3/h4-5,8,22H,6-7,9-10H2,1-3H3,(H,17,18)/t16-/m1/s1. The molecule has 22 heavy (non-hydrogen) atoms. The zero-order chi connectivity index (χ0) is 15.9. The number of carbonyl (C=O) groups excluding carboxylic acids is 1. The predicted octanol–water partition coefficient (Wildman–Crippen LogP) is 1.01. The monoisotopic (exact) mass is 302 g/mol. The normalized spacial score (nSPS) is 22.0. The minimum atomic E-state index is -0.812. The number of benzene rings is 1. The highest BCUT2D eigenvalue weighted by atomic mass is 16.3. The summed E-state index contributed by atoms with van der Waals surface area (Å²) >= 11 is 0. The van der Waals surface area contributed by atoms with Crippen LogP contribution in [0.5, 0.6) is 0 Å². The third kappa shape index (κ3) is 2.84. The first-order chi connectivity index (χ1) is 10.4. The first kappa shape index (κ1) is 15.0. The number of fused-ring (bicyclic) bond motifs is 1. The van der Waals surface area contributed by atoms with Crippen LogP contribution in [-0.4, -0.2) is 70.1 Å². The molecule has 0 spiro atoms. The lowest BCUT2D eigenvalue weighted by atomic mass is 10.0. The van der Waals surface area contributed by atoms with Gasteiger partial charge in [-0.1, -0.05) is 0 Å². The number of rotatable bonds is 3. The van der Waals surface area contributed by atoms with Gasteiger partial charge >= 0.3 is 0 Å². The molecule has 0 aliphatic carbocycles. The van der Waals surface area contributed by atoms with Gasteiger partial charge in [-0.05, 0) is 45.6 Å². The third-order valence-electron chi connectivity index (χ3n) is 4.08. The average Bonchev–Trinajstić information content (AvgIpc) is 2.98. The molecular weight excluding hydrogens is 280 g/mol. The van der Waals surface area contributed by atoms with Gasteiger partial charge in [-0.15, -0.1) is 0 Å². The zero-order valence-electron chi connectivity index (χ0n) is 13.3. The van der Waals surface area contributed by atoms with Crippen LogP contribution >= 0.6 is 0 Å². The number of aryl methyl sites for hydroxylation is 1. The van der Waals surface area contributed by atoms with Crippen molar-refractivity contribution in [2.45, 2.75) is 18.9 Å². The maximum Gasteiger partial charge on any atom is 0.254 e. The smallest absolute Gasteiger partial charge is 0.254 e. The number of carbonyl (C=O) groups is 1. The molecule has 1 aromatic heterocycles. The van der Waals surface area contributed by atoms with Crippen LogP contribution in [0.1, 0.15) is 22.6 Å². The van der Waals surface area contributed by atoms with Crippen molar-refractivity contribution in [2.75, 3.05) is 33.7 Å². The molecule has 1 fully saturated rings. The van der Waals surface area contributed by atoms with Crippen molar-refractivity contribution >= 4 is 16.9 Å². The number of nitrogens with zero attached hydrogens (tertiary/aromatic N) is 3. The van der Waals surface area contributed by atoms with E-state index in [2.05, 4.69) is 9.97 Å². The van der Waals surface area contributed by atoms with Crippen molar-refractivity contribution in [2.24, 2.45) is 0 Å². The molecule has 1 atom stereocenters. The van der Waals surface area contributed by atoms with Gasteiger partial charge < -0.3 is 19.9 Å². The summed E-state index contributed by atoms with van der Waals surface area (Å²) in [5.74, 6) is 0.796. The van der Waals surface area contributed by atoms with Crippen molar-refractivity contribution in [1.82, 2.24) is 19.8 Å². The van der Waals surface area contributed by atoms with Gasteiger partial charge in [0.15, 0.2) is 0 Å². The lowest BCUT2D eigenvalue weighted by molar-refractivity contribution is 0.0236. The minimum Gasteiger partial charge on any atom is -0.387 e. The molecule has 2 heterocycles. The SMILES string of the molecule is Cc1nc2ccc(C(=O)N3CC[C@@](O)(CN(C)C)C3)cc2[nH]1. The Hall–Kier alpha value is -1.92. The van der Waals surface area contributed by atoms with Crippen LogP contribution < -0.4 is 0 Å². The second-order valence-corrected chi connectivity index (χ2v) is 6.49. The highest BCUT2D eigenvalue weighted by Gasteiger charge is 2.38. The summed E-state index contributed by atoms with van der Waals surface area (Å²) in [4.78, 5) is 23.8. The van der Waals surface area contributed by atoms with E-state index < -0.39 is 5.60 Å². The molecular formula is C16H22N4O2. The van der Waals surface area contributed by atoms with Gasteiger partial charge in [0.25, 0.3) is 5.91 Å². The van der Waals surface area contributed by atoms with Gasteiger partial charge in [0.2, 0.25) is 0 Å². The Balaban J connectivity index is 1.78. The number of hydrogen-bond acceptors (Lipinski definition) is 4. The van der Waals surface area contributed by atoms with Gasteiger partial charge in [-0.25, -0.2) is 4.98 Å². The molecule has 2 aromatic rings. The van der Waals surface area contributed by atoms with E-state index in [0.717, 1.165) is 16.9 Å². The first-order valence-corrected chi connectivity index (χ1v) is 7.49. The molecule has 1 aromatic carbocycles. The van der Waals surface area contributed by atoms with Crippen molar-refractivity contribution < 1.29 is 9.90 Å². The van der Waals surface area contributed by atoms with Crippen molar-refractivity contribution in [3.05, 3.63) is 29.6 Å². The lowest BCUT2D eigenvalue weighted by Gasteiger charge is -2.26. The van der Waals surface area contributed by atoms with E-state index in [4.69, 9.17) is 0 Å². The van der Waals surface area contributed by atoms with Gasteiger partial charge in [0.1, 0.15) is 5.82 Å². The summed E-state index contributed by atoms with van der Waals surface area (Å²) in [5, 5.41) is 10.6. The minimum absolute atomic E-state index is 0.0381. The maximum absolute atomic E-state index is 12.6. The lowest BCUT2D eigenvalue weighted by Crippen LogP contribution is -2.43. The van der Waals surface area contributed by atoms with Gasteiger partial charge in [0, 0.05) is 18.7 Å². The fourth-order valence-corrected chi connectivity index (χ4v) is 3.20. The van der Waals surface area contributed by atoms with Crippen LogP contribution in [-0.2, 0) is 0 Å². The second kappa shape index (κ2) is 5.37. The number of aliphatic hydroxyl groups is 1. The average molecular weight is 302 g/mol. The second-order valence-electron chi connectivity index (χ2n) is 6.49. The van der Waals surface area contributed by atoms with Gasteiger partial charge in [-0.2, -0.15) is 0 Å². The van der Waals surface area contributed by atoms with E-state index in [9.17, 15) is 9.90 Å². The molecule has 3 rings (SSSR count). The van der Waals surface area contributed by atoms with Crippen LogP contribution in [0.25, 0.3) is 11.0 Å². The molecule has 1 amide bonds. The maximum atomic E-state index is 12.6. The highest BCUT2D eigenvalue weighted by molar-refractivity contribution is 5.97. The van der Waals surface area contributed by atoms with E-state index >= 15 is 0 Å². The van der Waals surface area contributed by atoms with E-state index in [1.165, 1.54) is 0 Å². The number of H-pyrrole nitrogens is 1. The molecule has 0 radical (unpaired) electrons. The predicted molar refractivity (Wildman–Crippen MR) is 84.9 cm³/mol. The quantitative estimate of drug-likeness (QED) is 0.887. The Morgan fingerprint density at radius 1 is 1.50 bits per heavy atom. The van der Waals surface area contributed by atoms with E-state index in [1.807, 2.05) is 38.1 Å². The summed E-state index contributed by atoms with van der Waals surface area (Å²) < 4.78 is 0. The van der Waals surface area contributed by atoms with Gasteiger partial charge in [0.05, 0.1) is 23.2 Å². The van der Waals surface area contributed by atoms with Crippen molar-refractivity contribution in [3.63, 3.8) is 0 Å². The molecule has 118 valence electrons. The fourth-order valence-electron chi connectivity index (χ4n) is 3.20. The number of amides is 1. The molecule has 6 heteroatoms. The molecule has 1 aliphatic heterocycles. The van der Waals surface area contributed by atoms with Gasteiger partial charge in [-0.3, -0.25) is 4.79 Å². The Morgan fingerprint density at radius 2 is 2.27 bits per heavy atom. The largest absolute Gasteiger partial charge is 0.387 e. The molecule has 0 saturated carbocycles. The molecule has 6 nitrogen and oxygen atoms in total. The van der Waals surface area contributed by atoms with E-state index in [-0.39, 0.29) is 5.91 Å². The Bertz CT molecular complexity index is 709. The van der Waals surface area contributed by atoms with E-state index in [1.54, 1.807) is 11.0 Å². The number of likely N-dealkylation sites (N-methyl/N-ethyl adjacent to an activating group) is 1. The summed E-state index contributed by atoms with van der Waals surface area (Å²) in [7, 11) is 3.86. The number of aromatic amines is 1. The summed E-state index contributed by atoms with van der Waals surface area (Å²) in [5.41, 5.74) is 1.55. The van der Waals surface area contributed by atoms with Crippen molar-refractivity contribution in [3.8, 4) is 0 Å². The van der Waals surface area contributed by atoms with Crippen LogP contribution in [0.2, 0.25) is 0 Å². The number of β-amino-alcohol motifs (C(OH)–C–C–N with tert-alkyl or cyclic N) is 1. The third-order valence-corrected chi connectivity index (χ3v) is 4.08. The summed E-state index contributed by atoms with van der Waals surface area (Å²) in [6.07, 6.45) is 0.613. The first-order valence-electron chi connectivity index (χ1n) is 7.49. The number of likely N-dealkylation sites (tertiary alicyclic amines) is 1. The topological polar surface area (TPSA) is 72.5 Å². The number of nitrogens with one attached hydrogen (secondary N) is 1.